The van der Waals surface area contributed by atoms with Crippen molar-refractivity contribution < 1.29 is 13.5 Å². The standard InChI is InChI=1S/C18H18FN2O2P/c1-2-23-24(22,21-13-14-7-5-6-12-20-14)18-11-10-17(19)15-8-3-4-9-16(15)18/h3-12H,2,13H2,1H3,(H,21,22). The molecule has 6 heteroatoms. The summed E-state index contributed by atoms with van der Waals surface area (Å²) in [5, 5.41) is 4.47. The Morgan fingerprint density at radius 2 is 1.83 bits per heavy atom. The summed E-state index contributed by atoms with van der Waals surface area (Å²) in [6.07, 6.45) is 1.68. The minimum Gasteiger partial charge on any atom is -0.315 e. The number of hydrogen-bond donors (Lipinski definition) is 1. The first-order chi connectivity index (χ1) is 11.6. The molecule has 0 aliphatic heterocycles. The van der Waals surface area contributed by atoms with Gasteiger partial charge >= 0.3 is 7.52 Å². The van der Waals surface area contributed by atoms with Crippen LogP contribution in [0.15, 0.2) is 60.8 Å². The molecule has 0 saturated carbocycles. The van der Waals surface area contributed by atoms with E-state index in [1.807, 2.05) is 18.2 Å². The van der Waals surface area contributed by atoms with Gasteiger partial charge in [-0.25, -0.2) is 9.48 Å². The van der Waals surface area contributed by atoms with Gasteiger partial charge in [0.2, 0.25) is 0 Å². The second-order valence-electron chi connectivity index (χ2n) is 5.24. The number of aromatic nitrogens is 1. The first kappa shape index (κ1) is 16.8. The van der Waals surface area contributed by atoms with Gasteiger partial charge in [-0.2, -0.15) is 0 Å². The van der Waals surface area contributed by atoms with E-state index in [1.165, 1.54) is 12.1 Å². The summed E-state index contributed by atoms with van der Waals surface area (Å²) in [6, 6.07) is 15.3. The third-order valence-electron chi connectivity index (χ3n) is 3.67. The number of fused-ring (bicyclic) bond motifs is 1. The van der Waals surface area contributed by atoms with Crippen molar-refractivity contribution in [3.05, 3.63) is 72.3 Å². The summed E-state index contributed by atoms with van der Waals surface area (Å²) in [5.41, 5.74) is 0.754. The Balaban J connectivity index is 2.01. The summed E-state index contributed by atoms with van der Waals surface area (Å²) in [6.45, 7) is 2.35. The molecule has 2 aromatic carbocycles. The fraction of sp³-hybridized carbons (Fsp3) is 0.167. The summed E-state index contributed by atoms with van der Waals surface area (Å²) in [7, 11) is -3.36. The quantitative estimate of drug-likeness (QED) is 0.686. The second-order valence-corrected chi connectivity index (χ2v) is 7.40. The normalized spacial score (nSPS) is 13.8. The van der Waals surface area contributed by atoms with E-state index < -0.39 is 7.52 Å². The highest BCUT2D eigenvalue weighted by Crippen LogP contribution is 2.43. The van der Waals surface area contributed by atoms with Crippen molar-refractivity contribution in [2.75, 3.05) is 6.61 Å². The Bertz CT molecular complexity index is 887. The predicted molar refractivity (Wildman–Crippen MR) is 93.8 cm³/mol. The molecule has 0 aliphatic carbocycles. The molecule has 0 bridgehead atoms. The predicted octanol–water partition coefficient (Wildman–Crippen LogP) is 4.02. The molecule has 1 N–H and O–H groups in total. The molecular formula is C18H18FN2O2P. The van der Waals surface area contributed by atoms with E-state index in [9.17, 15) is 8.96 Å². The lowest BCUT2D eigenvalue weighted by Crippen LogP contribution is -2.22. The average Bonchev–Trinajstić information content (AvgIpc) is 2.62. The van der Waals surface area contributed by atoms with Crippen molar-refractivity contribution in [1.82, 2.24) is 10.1 Å². The third kappa shape index (κ3) is 3.39. The van der Waals surface area contributed by atoms with Crippen LogP contribution >= 0.6 is 7.52 Å². The van der Waals surface area contributed by atoms with Crippen LogP contribution < -0.4 is 10.4 Å². The number of nitrogens with one attached hydrogen (secondary N) is 1. The SMILES string of the molecule is CCOP(=O)(NCc1ccccn1)c1ccc(F)c2ccccc12. The Hall–Kier alpha value is -2.07. The molecule has 0 aliphatic rings. The molecule has 3 aromatic rings. The molecule has 0 radical (unpaired) electrons. The zero-order chi connectivity index (χ0) is 17.0. The van der Waals surface area contributed by atoms with E-state index in [0.717, 1.165) is 5.69 Å². The summed E-state index contributed by atoms with van der Waals surface area (Å²) in [4.78, 5) is 4.21. The van der Waals surface area contributed by atoms with E-state index in [2.05, 4.69) is 10.1 Å². The molecule has 0 amide bonds. The Labute approximate surface area is 140 Å². The summed E-state index contributed by atoms with van der Waals surface area (Å²) >= 11 is 0. The van der Waals surface area contributed by atoms with Gasteiger partial charge in [-0.1, -0.05) is 30.3 Å². The molecule has 1 unspecified atom stereocenters. The monoisotopic (exact) mass is 344 g/mol. The Morgan fingerprint density at radius 1 is 1.08 bits per heavy atom. The van der Waals surface area contributed by atoms with Gasteiger partial charge in [0.25, 0.3) is 0 Å². The maximum Gasteiger partial charge on any atom is 0.300 e. The van der Waals surface area contributed by atoms with E-state index in [4.69, 9.17) is 4.52 Å². The zero-order valence-corrected chi connectivity index (χ0v) is 14.2. The van der Waals surface area contributed by atoms with E-state index >= 15 is 0 Å². The molecule has 124 valence electrons. The van der Waals surface area contributed by atoms with Crippen molar-refractivity contribution in [3.63, 3.8) is 0 Å². The van der Waals surface area contributed by atoms with Crippen molar-refractivity contribution >= 4 is 23.6 Å². The Morgan fingerprint density at radius 3 is 2.54 bits per heavy atom. The molecule has 1 atom stereocenters. The van der Waals surface area contributed by atoms with Crippen LogP contribution in [0.1, 0.15) is 12.6 Å². The number of rotatable bonds is 6. The van der Waals surface area contributed by atoms with Crippen LogP contribution in [-0.2, 0) is 15.6 Å². The van der Waals surface area contributed by atoms with Gasteiger partial charge in [-0.05, 0) is 36.6 Å². The summed E-state index contributed by atoms with van der Waals surface area (Å²) < 4.78 is 33.0. The van der Waals surface area contributed by atoms with Gasteiger partial charge in [-0.3, -0.25) is 9.55 Å². The second kappa shape index (κ2) is 7.22. The first-order valence-corrected chi connectivity index (χ1v) is 9.34. The summed E-state index contributed by atoms with van der Waals surface area (Å²) in [5.74, 6) is -0.345. The smallest absolute Gasteiger partial charge is 0.300 e. The van der Waals surface area contributed by atoms with Gasteiger partial charge < -0.3 is 4.52 Å². The van der Waals surface area contributed by atoms with Crippen LogP contribution in [0.25, 0.3) is 10.8 Å². The van der Waals surface area contributed by atoms with Gasteiger partial charge in [-0.15, -0.1) is 0 Å². The molecule has 3 rings (SSSR count). The van der Waals surface area contributed by atoms with Crippen LogP contribution in [0.5, 0.6) is 0 Å². The van der Waals surface area contributed by atoms with Gasteiger partial charge in [0.05, 0.1) is 17.6 Å². The maximum atomic E-state index is 14.0. The lowest BCUT2D eigenvalue weighted by molar-refractivity contribution is 0.332. The van der Waals surface area contributed by atoms with Gasteiger partial charge in [0.1, 0.15) is 5.82 Å². The fourth-order valence-electron chi connectivity index (χ4n) is 2.57. The molecule has 4 nitrogen and oxygen atoms in total. The van der Waals surface area contributed by atoms with Gasteiger partial charge in [0, 0.05) is 18.1 Å². The molecule has 1 aromatic heterocycles. The van der Waals surface area contributed by atoms with E-state index in [-0.39, 0.29) is 12.4 Å². The number of halogens is 1. The minimum atomic E-state index is -3.36. The number of nitrogens with zero attached hydrogens (tertiary/aromatic N) is 1. The van der Waals surface area contributed by atoms with Crippen molar-refractivity contribution in [1.29, 1.82) is 0 Å². The van der Waals surface area contributed by atoms with Gasteiger partial charge in [0.15, 0.2) is 0 Å². The van der Waals surface area contributed by atoms with Crippen LogP contribution in [0.4, 0.5) is 4.39 Å². The highest BCUT2D eigenvalue weighted by Gasteiger charge is 2.28. The largest absolute Gasteiger partial charge is 0.315 e. The van der Waals surface area contributed by atoms with Crippen LogP contribution in [0.2, 0.25) is 0 Å². The number of benzene rings is 2. The molecular weight excluding hydrogens is 326 g/mol. The Kier molecular flexibility index (Phi) is 5.05. The van der Waals surface area contributed by atoms with Crippen LogP contribution in [0, 0.1) is 5.82 Å². The van der Waals surface area contributed by atoms with E-state index in [1.54, 1.807) is 37.4 Å². The molecule has 0 fully saturated rings. The average molecular weight is 344 g/mol. The van der Waals surface area contributed by atoms with Crippen molar-refractivity contribution in [2.24, 2.45) is 0 Å². The number of hydrogen-bond acceptors (Lipinski definition) is 3. The lowest BCUT2D eigenvalue weighted by Gasteiger charge is -2.21. The zero-order valence-electron chi connectivity index (χ0n) is 13.3. The van der Waals surface area contributed by atoms with Crippen LogP contribution in [0.3, 0.4) is 0 Å². The van der Waals surface area contributed by atoms with Crippen LogP contribution in [-0.4, -0.2) is 11.6 Å². The van der Waals surface area contributed by atoms with Crippen molar-refractivity contribution in [3.8, 4) is 0 Å². The minimum absolute atomic E-state index is 0.276. The fourth-order valence-corrected chi connectivity index (χ4v) is 4.49. The highest BCUT2D eigenvalue weighted by molar-refractivity contribution is 7.65. The molecule has 24 heavy (non-hydrogen) atoms. The topological polar surface area (TPSA) is 51.2 Å². The first-order valence-electron chi connectivity index (χ1n) is 7.71. The number of pyridine rings is 1. The molecule has 1 heterocycles. The lowest BCUT2D eigenvalue weighted by atomic mass is 10.1. The molecule has 0 spiro atoms. The third-order valence-corrected chi connectivity index (χ3v) is 5.89. The van der Waals surface area contributed by atoms with E-state index in [0.29, 0.717) is 22.6 Å². The van der Waals surface area contributed by atoms with Crippen molar-refractivity contribution in [2.45, 2.75) is 13.5 Å². The highest BCUT2D eigenvalue weighted by atomic mass is 31.2. The maximum absolute atomic E-state index is 14.0. The molecule has 0 saturated heterocycles.